The number of nitrogens with zero attached hydrogens (tertiary/aromatic N) is 2. The molecular weight excluding hydrogens is 326 g/mol. The standard InChI is InChI=1S/C21H31N3O2/c1-4-10-24(5-2)11-7-12-26-20-14-18-17(13-19(20)25-3)15-8-6-9-16(15)21(22)23-18/h13-14H,4-12H2,1-3H3,(H2,22,23). The zero-order chi connectivity index (χ0) is 18.5. The number of hydrogen-bond donors (Lipinski definition) is 1. The molecule has 2 N–H and O–H groups in total. The lowest BCUT2D eigenvalue weighted by Crippen LogP contribution is -2.26. The Bertz CT molecular complexity index is 761. The summed E-state index contributed by atoms with van der Waals surface area (Å²) in [5, 5.41) is 1.15. The van der Waals surface area contributed by atoms with E-state index in [0.29, 0.717) is 12.4 Å². The molecule has 0 aliphatic heterocycles. The number of aryl methyl sites for hydroxylation is 1. The predicted octanol–water partition coefficient (Wildman–Crippen LogP) is 3.82. The molecule has 0 fully saturated rings. The second-order valence-corrected chi connectivity index (χ2v) is 6.96. The van der Waals surface area contributed by atoms with Crippen LogP contribution in [-0.4, -0.2) is 43.2 Å². The number of anilines is 1. The van der Waals surface area contributed by atoms with Gasteiger partial charge in [-0.2, -0.15) is 0 Å². The van der Waals surface area contributed by atoms with E-state index in [1.165, 1.54) is 17.5 Å². The fourth-order valence-electron chi connectivity index (χ4n) is 3.89. The second kappa shape index (κ2) is 8.58. The largest absolute Gasteiger partial charge is 0.493 e. The number of hydrogen-bond acceptors (Lipinski definition) is 5. The summed E-state index contributed by atoms with van der Waals surface area (Å²) < 4.78 is 11.6. The number of nitrogens with two attached hydrogens (primary N) is 1. The number of nitrogen functional groups attached to an aromatic ring is 1. The summed E-state index contributed by atoms with van der Waals surface area (Å²) in [4.78, 5) is 7.06. The number of aromatic nitrogens is 1. The van der Waals surface area contributed by atoms with Gasteiger partial charge in [0.05, 0.1) is 19.2 Å². The summed E-state index contributed by atoms with van der Waals surface area (Å²) in [5.74, 6) is 2.20. The third kappa shape index (κ3) is 3.88. The highest BCUT2D eigenvalue weighted by atomic mass is 16.5. The monoisotopic (exact) mass is 357 g/mol. The van der Waals surface area contributed by atoms with Crippen molar-refractivity contribution in [2.24, 2.45) is 0 Å². The van der Waals surface area contributed by atoms with E-state index in [1.54, 1.807) is 7.11 Å². The van der Waals surface area contributed by atoms with Crippen LogP contribution in [0.3, 0.4) is 0 Å². The lowest BCUT2D eigenvalue weighted by atomic mass is 10.0. The number of rotatable bonds is 9. The molecule has 0 amide bonds. The van der Waals surface area contributed by atoms with Crippen molar-refractivity contribution in [2.75, 3.05) is 39.1 Å². The molecule has 1 aliphatic rings. The topological polar surface area (TPSA) is 60.6 Å². The van der Waals surface area contributed by atoms with Crippen molar-refractivity contribution in [1.82, 2.24) is 9.88 Å². The summed E-state index contributed by atoms with van der Waals surface area (Å²) in [6.45, 7) is 8.37. The zero-order valence-electron chi connectivity index (χ0n) is 16.3. The molecule has 0 unspecified atom stereocenters. The lowest BCUT2D eigenvalue weighted by Gasteiger charge is -2.19. The SMILES string of the molecule is CCCN(CC)CCCOc1cc2nc(N)c3c(c2cc1OC)CCC3. The minimum absolute atomic E-state index is 0.666. The van der Waals surface area contributed by atoms with Gasteiger partial charge in [-0.25, -0.2) is 4.98 Å². The van der Waals surface area contributed by atoms with E-state index in [1.807, 2.05) is 6.07 Å². The number of pyridine rings is 1. The molecular formula is C21H31N3O2. The van der Waals surface area contributed by atoms with E-state index in [9.17, 15) is 0 Å². The quantitative estimate of drug-likeness (QED) is 0.692. The van der Waals surface area contributed by atoms with Gasteiger partial charge in [0.25, 0.3) is 0 Å². The Balaban J connectivity index is 1.75. The maximum atomic E-state index is 6.17. The van der Waals surface area contributed by atoms with Gasteiger partial charge in [0.15, 0.2) is 11.5 Å². The Morgan fingerprint density at radius 2 is 1.92 bits per heavy atom. The van der Waals surface area contributed by atoms with E-state index < -0.39 is 0 Å². The normalized spacial score (nSPS) is 13.4. The minimum atomic E-state index is 0.666. The fraction of sp³-hybridized carbons (Fsp3) is 0.571. The van der Waals surface area contributed by atoms with Crippen LogP contribution < -0.4 is 15.2 Å². The van der Waals surface area contributed by atoms with Crippen LogP contribution >= 0.6 is 0 Å². The first kappa shape index (κ1) is 18.8. The molecule has 142 valence electrons. The van der Waals surface area contributed by atoms with Crippen LogP contribution in [0, 0.1) is 0 Å². The van der Waals surface area contributed by atoms with Crippen molar-refractivity contribution in [3.63, 3.8) is 0 Å². The molecule has 0 radical (unpaired) electrons. The van der Waals surface area contributed by atoms with Gasteiger partial charge in [-0.3, -0.25) is 0 Å². The zero-order valence-corrected chi connectivity index (χ0v) is 16.3. The third-order valence-electron chi connectivity index (χ3n) is 5.24. The maximum Gasteiger partial charge on any atom is 0.163 e. The molecule has 3 rings (SSSR count). The Hall–Kier alpha value is -2.01. The Morgan fingerprint density at radius 1 is 1.12 bits per heavy atom. The second-order valence-electron chi connectivity index (χ2n) is 6.96. The average Bonchev–Trinajstić information content (AvgIpc) is 3.14. The molecule has 5 heteroatoms. The molecule has 1 aromatic carbocycles. The van der Waals surface area contributed by atoms with E-state index in [-0.39, 0.29) is 0 Å². The van der Waals surface area contributed by atoms with Gasteiger partial charge >= 0.3 is 0 Å². The van der Waals surface area contributed by atoms with Gasteiger partial charge < -0.3 is 20.1 Å². The highest BCUT2D eigenvalue weighted by Gasteiger charge is 2.20. The van der Waals surface area contributed by atoms with Crippen LogP contribution in [0.25, 0.3) is 10.9 Å². The molecule has 0 saturated carbocycles. The molecule has 1 heterocycles. The van der Waals surface area contributed by atoms with Crippen molar-refractivity contribution in [1.29, 1.82) is 0 Å². The molecule has 5 nitrogen and oxygen atoms in total. The molecule has 1 aliphatic carbocycles. The number of fused-ring (bicyclic) bond motifs is 3. The first-order chi connectivity index (χ1) is 12.7. The van der Waals surface area contributed by atoms with E-state index in [4.69, 9.17) is 15.2 Å². The molecule has 0 spiro atoms. The Morgan fingerprint density at radius 3 is 2.65 bits per heavy atom. The van der Waals surface area contributed by atoms with Crippen molar-refractivity contribution in [3.8, 4) is 11.5 Å². The van der Waals surface area contributed by atoms with Gasteiger partial charge in [0, 0.05) is 18.0 Å². The van der Waals surface area contributed by atoms with Crippen LogP contribution in [-0.2, 0) is 12.8 Å². The highest BCUT2D eigenvalue weighted by Crippen LogP contribution is 2.38. The van der Waals surface area contributed by atoms with Crippen LogP contribution in [0.5, 0.6) is 11.5 Å². The molecule has 0 saturated heterocycles. The predicted molar refractivity (Wildman–Crippen MR) is 107 cm³/mol. The number of methoxy groups -OCH3 is 1. The molecule has 0 bridgehead atoms. The smallest absolute Gasteiger partial charge is 0.163 e. The number of benzene rings is 1. The lowest BCUT2D eigenvalue weighted by molar-refractivity contribution is 0.236. The van der Waals surface area contributed by atoms with Crippen molar-refractivity contribution >= 4 is 16.7 Å². The van der Waals surface area contributed by atoms with Gasteiger partial charge in [-0.05, 0) is 62.4 Å². The van der Waals surface area contributed by atoms with Gasteiger partial charge in [-0.15, -0.1) is 0 Å². The summed E-state index contributed by atoms with van der Waals surface area (Å²) >= 11 is 0. The van der Waals surface area contributed by atoms with Crippen molar-refractivity contribution in [2.45, 2.75) is 46.0 Å². The summed E-state index contributed by atoms with van der Waals surface area (Å²) in [5.41, 5.74) is 9.61. The van der Waals surface area contributed by atoms with Gasteiger partial charge in [0.2, 0.25) is 0 Å². The fourth-order valence-corrected chi connectivity index (χ4v) is 3.89. The highest BCUT2D eigenvalue weighted by molar-refractivity contribution is 5.89. The first-order valence-electron chi connectivity index (χ1n) is 9.82. The van der Waals surface area contributed by atoms with Crippen LogP contribution in [0.1, 0.15) is 44.2 Å². The third-order valence-corrected chi connectivity index (χ3v) is 5.24. The Kier molecular flexibility index (Phi) is 6.20. The summed E-state index contributed by atoms with van der Waals surface area (Å²) in [6, 6.07) is 4.05. The molecule has 26 heavy (non-hydrogen) atoms. The summed E-state index contributed by atoms with van der Waals surface area (Å²) in [7, 11) is 1.69. The van der Waals surface area contributed by atoms with Crippen molar-refractivity contribution < 1.29 is 9.47 Å². The van der Waals surface area contributed by atoms with Crippen LogP contribution in [0.15, 0.2) is 12.1 Å². The van der Waals surface area contributed by atoms with Crippen molar-refractivity contribution in [3.05, 3.63) is 23.3 Å². The van der Waals surface area contributed by atoms with Crippen LogP contribution in [0.2, 0.25) is 0 Å². The van der Waals surface area contributed by atoms with E-state index in [0.717, 1.165) is 67.7 Å². The minimum Gasteiger partial charge on any atom is -0.493 e. The Labute approximate surface area is 156 Å². The molecule has 0 atom stereocenters. The maximum absolute atomic E-state index is 6.17. The van der Waals surface area contributed by atoms with E-state index in [2.05, 4.69) is 29.8 Å². The van der Waals surface area contributed by atoms with E-state index >= 15 is 0 Å². The molecule has 1 aromatic heterocycles. The molecule has 2 aromatic rings. The average molecular weight is 357 g/mol. The summed E-state index contributed by atoms with van der Waals surface area (Å²) in [6.07, 6.45) is 5.41. The van der Waals surface area contributed by atoms with Gasteiger partial charge in [-0.1, -0.05) is 13.8 Å². The number of ether oxygens (including phenoxy) is 2. The van der Waals surface area contributed by atoms with Gasteiger partial charge in [0.1, 0.15) is 5.82 Å². The van der Waals surface area contributed by atoms with Crippen LogP contribution in [0.4, 0.5) is 5.82 Å². The first-order valence-corrected chi connectivity index (χ1v) is 9.82.